The third-order valence-electron chi connectivity index (χ3n) is 3.29. The number of fused-ring (bicyclic) bond motifs is 1. The molecule has 0 radical (unpaired) electrons. The van der Waals surface area contributed by atoms with E-state index in [1.807, 2.05) is 25.5 Å². The zero-order valence-corrected chi connectivity index (χ0v) is 11.5. The Hall–Kier alpha value is -2.20. The molecule has 102 valence electrons. The van der Waals surface area contributed by atoms with Gasteiger partial charge in [-0.1, -0.05) is 24.3 Å². The van der Waals surface area contributed by atoms with Crippen LogP contribution in [0.1, 0.15) is 18.2 Å². The minimum atomic E-state index is 0.137. The van der Waals surface area contributed by atoms with Crippen LogP contribution in [0, 0.1) is 0 Å². The van der Waals surface area contributed by atoms with Gasteiger partial charge in [0.05, 0.1) is 24.1 Å². The lowest BCUT2D eigenvalue weighted by atomic mass is 10.1. The first-order valence-corrected chi connectivity index (χ1v) is 6.81. The molecule has 1 aromatic carbocycles. The second kappa shape index (κ2) is 5.43. The maximum Gasteiger partial charge on any atom is 0.0952 e. The topological polar surface area (TPSA) is 56.7 Å². The predicted molar refractivity (Wildman–Crippen MR) is 80.4 cm³/mol. The van der Waals surface area contributed by atoms with E-state index in [-0.39, 0.29) is 6.04 Å². The Balaban J connectivity index is 1.88. The molecule has 0 amide bonds. The molecule has 1 atom stereocenters. The summed E-state index contributed by atoms with van der Waals surface area (Å²) in [6.07, 6.45) is 6.56. The summed E-state index contributed by atoms with van der Waals surface area (Å²) in [4.78, 5) is 8.87. The first-order valence-electron chi connectivity index (χ1n) is 6.81. The summed E-state index contributed by atoms with van der Waals surface area (Å²) in [5.74, 6) is 0. The zero-order chi connectivity index (χ0) is 13.9. The maximum absolute atomic E-state index is 5.80. The number of pyridine rings is 1. The largest absolute Gasteiger partial charge is 0.333 e. The molecule has 4 nitrogen and oxygen atoms in total. The molecule has 3 rings (SSSR count). The average Bonchev–Trinajstić information content (AvgIpc) is 2.86. The van der Waals surface area contributed by atoms with Crippen LogP contribution in [0.3, 0.4) is 0 Å². The van der Waals surface area contributed by atoms with Crippen LogP contribution < -0.4 is 5.73 Å². The lowest BCUT2D eigenvalue weighted by molar-refractivity contribution is 0.723. The Kier molecular flexibility index (Phi) is 3.48. The van der Waals surface area contributed by atoms with E-state index in [9.17, 15) is 0 Å². The van der Waals surface area contributed by atoms with Gasteiger partial charge in [-0.2, -0.15) is 0 Å². The standard InChI is InChI=1S/C16H18N4/c1-12(17)8-15-10-20(11-19-15)9-14-5-2-4-13-6-3-7-18-16(13)14/h2-7,10-12H,8-9,17H2,1H3. The monoisotopic (exact) mass is 266 g/mol. The summed E-state index contributed by atoms with van der Waals surface area (Å²) in [5, 5.41) is 1.17. The smallest absolute Gasteiger partial charge is 0.0952 e. The molecule has 0 aliphatic rings. The van der Waals surface area contributed by atoms with Gasteiger partial charge in [0.15, 0.2) is 0 Å². The van der Waals surface area contributed by atoms with Crippen molar-refractivity contribution in [1.29, 1.82) is 0 Å². The van der Waals surface area contributed by atoms with Crippen LogP contribution in [0.15, 0.2) is 49.1 Å². The third-order valence-corrected chi connectivity index (χ3v) is 3.29. The van der Waals surface area contributed by atoms with E-state index in [1.54, 1.807) is 0 Å². The molecule has 4 heteroatoms. The zero-order valence-electron chi connectivity index (χ0n) is 11.5. The lowest BCUT2D eigenvalue weighted by Crippen LogP contribution is -2.17. The molecule has 0 fully saturated rings. The van der Waals surface area contributed by atoms with Crippen molar-refractivity contribution in [1.82, 2.24) is 14.5 Å². The second-order valence-corrected chi connectivity index (χ2v) is 5.21. The first kappa shape index (κ1) is 12.8. The molecule has 0 saturated carbocycles. The fourth-order valence-electron chi connectivity index (χ4n) is 2.42. The van der Waals surface area contributed by atoms with Crippen molar-refractivity contribution >= 4 is 10.9 Å². The second-order valence-electron chi connectivity index (χ2n) is 5.21. The van der Waals surface area contributed by atoms with Gasteiger partial charge in [0.1, 0.15) is 0 Å². The van der Waals surface area contributed by atoms with E-state index in [0.29, 0.717) is 0 Å². The molecule has 20 heavy (non-hydrogen) atoms. The molecule has 0 spiro atoms. The molecule has 0 saturated heterocycles. The van der Waals surface area contributed by atoms with Crippen molar-refractivity contribution in [3.8, 4) is 0 Å². The number of imidazole rings is 1. The van der Waals surface area contributed by atoms with Crippen molar-refractivity contribution in [2.24, 2.45) is 5.73 Å². The summed E-state index contributed by atoms with van der Waals surface area (Å²) in [7, 11) is 0. The molecule has 2 N–H and O–H groups in total. The minimum absolute atomic E-state index is 0.137. The van der Waals surface area contributed by atoms with Gasteiger partial charge in [0, 0.05) is 30.2 Å². The van der Waals surface area contributed by atoms with Gasteiger partial charge < -0.3 is 10.3 Å². The maximum atomic E-state index is 5.80. The molecule has 3 aromatic rings. The molecule has 0 bridgehead atoms. The van der Waals surface area contributed by atoms with E-state index < -0.39 is 0 Å². The van der Waals surface area contributed by atoms with Crippen molar-refractivity contribution < 1.29 is 0 Å². The summed E-state index contributed by atoms with van der Waals surface area (Å²) in [5.41, 5.74) is 9.09. The van der Waals surface area contributed by atoms with Crippen LogP contribution >= 0.6 is 0 Å². The quantitative estimate of drug-likeness (QED) is 0.788. The molecule has 2 heterocycles. The molecular weight excluding hydrogens is 248 g/mol. The van der Waals surface area contributed by atoms with Crippen LogP contribution in [0.5, 0.6) is 0 Å². The number of para-hydroxylation sites is 1. The van der Waals surface area contributed by atoms with Crippen molar-refractivity contribution in [2.75, 3.05) is 0 Å². The average molecular weight is 266 g/mol. The summed E-state index contributed by atoms with van der Waals surface area (Å²) in [6, 6.07) is 10.4. The van der Waals surface area contributed by atoms with Crippen LogP contribution in [-0.2, 0) is 13.0 Å². The predicted octanol–water partition coefficient (Wildman–Crippen LogP) is 2.37. The Labute approximate surface area is 118 Å². The minimum Gasteiger partial charge on any atom is -0.333 e. The van der Waals surface area contributed by atoms with Crippen LogP contribution in [-0.4, -0.2) is 20.6 Å². The highest BCUT2D eigenvalue weighted by Gasteiger charge is 2.05. The van der Waals surface area contributed by atoms with Crippen LogP contribution in [0.2, 0.25) is 0 Å². The number of aromatic nitrogens is 3. The molecule has 0 aliphatic carbocycles. The van der Waals surface area contributed by atoms with Gasteiger partial charge in [-0.05, 0) is 18.6 Å². The molecule has 1 unspecified atom stereocenters. The van der Waals surface area contributed by atoms with Crippen molar-refractivity contribution in [2.45, 2.75) is 25.9 Å². The van der Waals surface area contributed by atoms with Crippen LogP contribution in [0.4, 0.5) is 0 Å². The van der Waals surface area contributed by atoms with Gasteiger partial charge in [0.2, 0.25) is 0 Å². The highest BCUT2D eigenvalue weighted by molar-refractivity contribution is 5.81. The van der Waals surface area contributed by atoms with Gasteiger partial charge in [0.25, 0.3) is 0 Å². The Morgan fingerprint density at radius 3 is 2.90 bits per heavy atom. The highest BCUT2D eigenvalue weighted by Crippen LogP contribution is 2.17. The Bertz CT molecular complexity index is 710. The fourth-order valence-corrected chi connectivity index (χ4v) is 2.42. The van der Waals surface area contributed by atoms with Gasteiger partial charge in [-0.3, -0.25) is 4.98 Å². The Morgan fingerprint density at radius 2 is 2.05 bits per heavy atom. The SMILES string of the molecule is CC(N)Cc1cn(Cc2cccc3cccnc23)cn1. The van der Waals surface area contributed by atoms with Crippen molar-refractivity contribution in [3.63, 3.8) is 0 Å². The van der Waals surface area contributed by atoms with E-state index in [4.69, 9.17) is 5.73 Å². The first-order chi connectivity index (χ1) is 9.72. The molecular formula is C16H18N4. The van der Waals surface area contributed by atoms with Crippen molar-refractivity contribution in [3.05, 3.63) is 60.3 Å². The van der Waals surface area contributed by atoms with Crippen LogP contribution in [0.25, 0.3) is 10.9 Å². The summed E-state index contributed by atoms with van der Waals surface area (Å²) < 4.78 is 2.08. The summed E-state index contributed by atoms with van der Waals surface area (Å²) in [6.45, 7) is 2.77. The number of hydrogen-bond acceptors (Lipinski definition) is 3. The van der Waals surface area contributed by atoms with E-state index >= 15 is 0 Å². The van der Waals surface area contributed by atoms with E-state index in [1.165, 1.54) is 10.9 Å². The van der Waals surface area contributed by atoms with Gasteiger partial charge in [-0.25, -0.2) is 4.98 Å². The van der Waals surface area contributed by atoms with E-state index in [2.05, 4.69) is 45.0 Å². The van der Waals surface area contributed by atoms with Gasteiger partial charge >= 0.3 is 0 Å². The number of rotatable bonds is 4. The molecule has 0 aliphatic heterocycles. The Morgan fingerprint density at radius 1 is 1.20 bits per heavy atom. The fraction of sp³-hybridized carbons (Fsp3) is 0.250. The normalized spacial score (nSPS) is 12.7. The lowest BCUT2D eigenvalue weighted by Gasteiger charge is -2.06. The van der Waals surface area contributed by atoms with E-state index in [0.717, 1.165) is 24.2 Å². The third kappa shape index (κ3) is 2.70. The number of nitrogens with zero attached hydrogens (tertiary/aromatic N) is 3. The summed E-state index contributed by atoms with van der Waals surface area (Å²) >= 11 is 0. The number of benzene rings is 1. The number of hydrogen-bond donors (Lipinski definition) is 1. The molecule has 2 aromatic heterocycles. The highest BCUT2D eigenvalue weighted by atomic mass is 15.0. The number of nitrogens with two attached hydrogens (primary N) is 1. The van der Waals surface area contributed by atoms with Gasteiger partial charge in [-0.15, -0.1) is 0 Å².